The molecule has 2 N–H and O–H groups in total. The van der Waals surface area contributed by atoms with Gasteiger partial charge in [0.05, 0.1) is 11.3 Å². The van der Waals surface area contributed by atoms with Gasteiger partial charge in [0.25, 0.3) is 0 Å². The van der Waals surface area contributed by atoms with Gasteiger partial charge < -0.3 is 15.3 Å². The minimum Gasteiger partial charge on any atom is -0.478 e. The first kappa shape index (κ1) is 22.6. The summed E-state index contributed by atoms with van der Waals surface area (Å²) in [6.07, 6.45) is 3.11. The Morgan fingerprint density at radius 3 is 2.48 bits per heavy atom. The summed E-state index contributed by atoms with van der Waals surface area (Å²) in [5.74, 6) is -1.31. The lowest BCUT2D eigenvalue weighted by Gasteiger charge is -2.23. The number of carboxylic acid groups (broad SMARTS) is 1. The van der Waals surface area contributed by atoms with Gasteiger partial charge in [-0.2, -0.15) is 13.2 Å². The van der Waals surface area contributed by atoms with Crippen molar-refractivity contribution in [3.05, 3.63) is 60.0 Å². The van der Waals surface area contributed by atoms with Crippen LogP contribution in [0.3, 0.4) is 0 Å². The molecule has 6 nitrogen and oxygen atoms in total. The fraction of sp³-hybridized carbons (Fsp3) is 0.409. The molecule has 2 amide bonds. The van der Waals surface area contributed by atoms with Crippen LogP contribution in [-0.4, -0.2) is 46.3 Å². The molecule has 1 aliphatic heterocycles. The molecule has 1 aromatic heterocycles. The number of fused-ring (bicyclic) bond motifs is 1. The lowest BCUT2D eigenvalue weighted by atomic mass is 9.90. The van der Waals surface area contributed by atoms with Crippen LogP contribution in [0.25, 0.3) is 0 Å². The molecule has 0 aromatic carbocycles. The quantitative estimate of drug-likeness (QED) is 0.645. The van der Waals surface area contributed by atoms with Crippen LogP contribution >= 0.6 is 0 Å². The van der Waals surface area contributed by atoms with E-state index in [1.54, 1.807) is 11.8 Å². The second kappa shape index (κ2) is 8.95. The van der Waals surface area contributed by atoms with Gasteiger partial charge >= 0.3 is 18.2 Å². The highest BCUT2D eigenvalue weighted by atomic mass is 19.4. The van der Waals surface area contributed by atoms with E-state index in [-0.39, 0.29) is 34.6 Å². The number of carbonyl (C=O) groups is 2. The number of nitrogens with one attached hydrogen (secondary N) is 1. The minimum atomic E-state index is -4.47. The van der Waals surface area contributed by atoms with Gasteiger partial charge in [0.1, 0.15) is 5.56 Å². The van der Waals surface area contributed by atoms with Crippen LogP contribution in [0.15, 0.2) is 54.4 Å². The SMILES string of the molecule is C=C(/C(=C\C=C/C)C(F)(F)F)C1C[C@@H]2CN(C(=O)Nc3ccncc3C(=O)O)C[C@@H]2C1. The predicted molar refractivity (Wildman–Crippen MR) is 110 cm³/mol. The molecule has 2 heterocycles. The molecule has 1 saturated carbocycles. The smallest absolute Gasteiger partial charge is 0.416 e. The predicted octanol–water partition coefficient (Wildman–Crippen LogP) is 4.89. The molecule has 0 radical (unpaired) electrons. The number of hydrogen-bond acceptors (Lipinski definition) is 3. The number of halogens is 3. The van der Waals surface area contributed by atoms with E-state index in [2.05, 4.69) is 16.9 Å². The zero-order valence-corrected chi connectivity index (χ0v) is 17.0. The van der Waals surface area contributed by atoms with Gasteiger partial charge in [-0.1, -0.05) is 24.8 Å². The third-order valence-electron chi connectivity index (χ3n) is 5.93. The van der Waals surface area contributed by atoms with E-state index in [0.717, 1.165) is 12.3 Å². The van der Waals surface area contributed by atoms with Crippen molar-refractivity contribution in [1.29, 1.82) is 0 Å². The average Bonchev–Trinajstić information content (AvgIpc) is 3.26. The van der Waals surface area contributed by atoms with Crippen molar-refractivity contribution in [2.75, 3.05) is 18.4 Å². The molecule has 0 bridgehead atoms. The Morgan fingerprint density at radius 2 is 1.94 bits per heavy atom. The molecule has 9 heteroatoms. The van der Waals surface area contributed by atoms with E-state index >= 15 is 0 Å². The Bertz CT molecular complexity index is 925. The van der Waals surface area contributed by atoms with Crippen molar-refractivity contribution in [3.63, 3.8) is 0 Å². The number of amides is 2. The fourth-order valence-electron chi connectivity index (χ4n) is 4.41. The van der Waals surface area contributed by atoms with Gasteiger partial charge in [0.2, 0.25) is 0 Å². The molecular formula is C22H24F3N3O3. The van der Waals surface area contributed by atoms with Gasteiger partial charge in [-0.3, -0.25) is 4.98 Å². The normalized spacial score (nSPS) is 23.8. The molecule has 1 aromatic rings. The minimum absolute atomic E-state index is 0.0834. The maximum Gasteiger partial charge on any atom is 0.416 e. The van der Waals surface area contributed by atoms with E-state index in [9.17, 15) is 27.9 Å². The Labute approximate surface area is 178 Å². The number of rotatable bonds is 5. The zero-order chi connectivity index (χ0) is 22.8. The van der Waals surface area contributed by atoms with Crippen LogP contribution in [0.2, 0.25) is 0 Å². The number of likely N-dealkylation sites (tertiary alicyclic amines) is 1. The van der Waals surface area contributed by atoms with Crippen LogP contribution in [0.4, 0.5) is 23.7 Å². The summed E-state index contributed by atoms with van der Waals surface area (Å²) in [7, 11) is 0. The highest BCUT2D eigenvalue weighted by Gasteiger charge is 2.46. The number of hydrogen-bond donors (Lipinski definition) is 2. The molecule has 3 rings (SSSR count). The zero-order valence-electron chi connectivity index (χ0n) is 17.0. The van der Waals surface area contributed by atoms with E-state index < -0.39 is 23.7 Å². The van der Waals surface area contributed by atoms with Crippen molar-refractivity contribution in [1.82, 2.24) is 9.88 Å². The summed E-state index contributed by atoms with van der Waals surface area (Å²) >= 11 is 0. The Morgan fingerprint density at radius 1 is 1.29 bits per heavy atom. The maximum absolute atomic E-state index is 13.4. The standard InChI is InChI=1S/C22H24F3N3O3/c1-3-4-5-18(22(23,24)25)13(2)14-8-15-11-28(12-16(15)9-14)21(31)27-19-6-7-26-10-17(19)20(29)30/h3-7,10,14-16H,2,8-9,11-12H2,1H3,(H,29,30)(H,26,27,31)/b4-3-,18-5+/t14?,15-,16+. The van der Waals surface area contributed by atoms with E-state index in [1.807, 2.05) is 0 Å². The Balaban J connectivity index is 1.63. The lowest BCUT2D eigenvalue weighted by Crippen LogP contribution is -2.34. The Kier molecular flexibility index (Phi) is 6.52. The van der Waals surface area contributed by atoms with E-state index in [4.69, 9.17) is 0 Å². The Hall–Kier alpha value is -3.10. The second-order valence-corrected chi connectivity index (χ2v) is 7.88. The average molecular weight is 435 g/mol. The second-order valence-electron chi connectivity index (χ2n) is 7.88. The number of allylic oxidation sites excluding steroid dienone is 5. The van der Waals surface area contributed by atoms with E-state index in [0.29, 0.717) is 25.9 Å². The highest BCUT2D eigenvalue weighted by Crippen LogP contribution is 2.47. The molecule has 1 saturated heterocycles. The summed E-state index contributed by atoms with van der Waals surface area (Å²) < 4.78 is 40.3. The number of anilines is 1. The maximum atomic E-state index is 13.4. The van der Waals surface area contributed by atoms with Crippen LogP contribution in [0.1, 0.15) is 30.1 Å². The third kappa shape index (κ3) is 4.98. The molecule has 166 valence electrons. The lowest BCUT2D eigenvalue weighted by molar-refractivity contribution is -0.0900. The highest BCUT2D eigenvalue weighted by molar-refractivity contribution is 5.99. The van der Waals surface area contributed by atoms with Crippen molar-refractivity contribution < 1.29 is 27.9 Å². The number of pyridine rings is 1. The largest absolute Gasteiger partial charge is 0.478 e. The van der Waals surface area contributed by atoms with Crippen molar-refractivity contribution in [2.45, 2.75) is 25.9 Å². The van der Waals surface area contributed by atoms with Crippen LogP contribution < -0.4 is 5.32 Å². The summed E-state index contributed by atoms with van der Waals surface area (Å²) in [5.41, 5.74) is -0.568. The monoisotopic (exact) mass is 435 g/mol. The van der Waals surface area contributed by atoms with Crippen LogP contribution in [0, 0.1) is 17.8 Å². The van der Waals surface area contributed by atoms with Crippen LogP contribution in [-0.2, 0) is 0 Å². The molecule has 1 unspecified atom stereocenters. The first-order chi connectivity index (χ1) is 14.6. The number of nitrogens with zero attached hydrogens (tertiary/aromatic N) is 2. The van der Waals surface area contributed by atoms with Crippen LogP contribution in [0.5, 0.6) is 0 Å². The number of aromatic carboxylic acids is 1. The molecule has 3 atom stereocenters. The summed E-state index contributed by atoms with van der Waals surface area (Å²) in [5, 5.41) is 11.8. The number of carboxylic acids is 1. The third-order valence-corrected chi connectivity index (χ3v) is 5.93. The number of urea groups is 1. The molecule has 1 aliphatic carbocycles. The van der Waals surface area contributed by atoms with Crippen molar-refractivity contribution in [2.24, 2.45) is 17.8 Å². The number of alkyl halides is 3. The first-order valence-electron chi connectivity index (χ1n) is 9.94. The molecular weight excluding hydrogens is 411 g/mol. The van der Waals surface area contributed by atoms with Gasteiger partial charge in [-0.25, -0.2) is 9.59 Å². The van der Waals surface area contributed by atoms with Gasteiger partial charge in [-0.05, 0) is 49.2 Å². The number of carbonyl (C=O) groups excluding carboxylic acids is 1. The van der Waals surface area contributed by atoms with Gasteiger partial charge in [0.15, 0.2) is 0 Å². The van der Waals surface area contributed by atoms with Gasteiger partial charge in [-0.15, -0.1) is 0 Å². The van der Waals surface area contributed by atoms with Gasteiger partial charge in [0, 0.05) is 25.5 Å². The summed E-state index contributed by atoms with van der Waals surface area (Å²) in [4.78, 5) is 29.2. The molecule has 31 heavy (non-hydrogen) atoms. The fourth-order valence-corrected chi connectivity index (χ4v) is 4.41. The molecule has 2 fully saturated rings. The summed E-state index contributed by atoms with van der Waals surface area (Å²) in [6, 6.07) is 0.982. The molecule has 2 aliphatic rings. The first-order valence-corrected chi connectivity index (χ1v) is 9.94. The summed E-state index contributed by atoms with van der Waals surface area (Å²) in [6.45, 7) is 6.22. The molecule has 0 spiro atoms. The van der Waals surface area contributed by atoms with Crippen molar-refractivity contribution in [3.8, 4) is 0 Å². The van der Waals surface area contributed by atoms with Crippen molar-refractivity contribution >= 4 is 17.7 Å². The topological polar surface area (TPSA) is 82.5 Å². The number of aromatic nitrogens is 1. The van der Waals surface area contributed by atoms with E-state index in [1.165, 1.54) is 24.4 Å².